The van der Waals surface area contributed by atoms with Crippen molar-refractivity contribution < 1.29 is 19.0 Å². The molecule has 2 aromatic carbocycles. The number of benzene rings is 2. The van der Waals surface area contributed by atoms with Crippen molar-refractivity contribution in [1.29, 1.82) is 0 Å². The number of hydrogen-bond acceptors (Lipinski definition) is 6. The maximum Gasteiger partial charge on any atom is 0.353 e. The Labute approximate surface area is 222 Å². The molecule has 0 bridgehead atoms. The summed E-state index contributed by atoms with van der Waals surface area (Å²) in [4.78, 5) is 20.7. The van der Waals surface area contributed by atoms with Crippen LogP contribution < -0.4 is 9.04 Å². The van der Waals surface area contributed by atoms with Crippen molar-refractivity contribution in [3.8, 4) is 28.1 Å². The lowest BCUT2D eigenvalue weighted by Crippen LogP contribution is -2.24. The van der Waals surface area contributed by atoms with E-state index in [1.165, 1.54) is 19.3 Å². The smallest absolute Gasteiger partial charge is 0.353 e. The van der Waals surface area contributed by atoms with E-state index in [0.717, 1.165) is 74.5 Å². The summed E-state index contributed by atoms with van der Waals surface area (Å²) in [5.41, 5.74) is 9.90. The number of pyridine rings is 1. The standard InChI is InChI=1S/C30H33FN2O3S/c1-18-10-12-21(13-11-18)27-20(3)28-29-22(14-24(16-32-29)35-23-8-6-5-7-9-23)17-33(37-4)30(28)19(2)25(27)15-26(34)36-31/h10-14,16,23H,5-9,15,17H2,1-4H3. The molecule has 1 fully saturated rings. The highest BCUT2D eigenvalue weighted by atomic mass is 32.2. The van der Waals surface area contributed by atoms with E-state index in [2.05, 4.69) is 46.5 Å². The molecule has 0 saturated heterocycles. The summed E-state index contributed by atoms with van der Waals surface area (Å²) in [6.07, 6.45) is 9.92. The van der Waals surface area contributed by atoms with Gasteiger partial charge in [-0.3, -0.25) is 9.93 Å². The largest absolute Gasteiger partial charge is 0.489 e. The number of halogens is 1. The third-order valence-corrected chi connectivity index (χ3v) is 8.41. The molecule has 0 spiro atoms. The Bertz CT molecular complexity index is 1320. The molecule has 194 valence electrons. The second-order valence-corrected chi connectivity index (χ2v) is 10.9. The fraction of sp³-hybridized carbons (Fsp3) is 0.400. The number of ether oxygens (including phenoxy) is 1. The van der Waals surface area contributed by atoms with E-state index >= 15 is 0 Å². The number of anilines is 1. The number of aryl methyl sites for hydroxylation is 1. The molecule has 37 heavy (non-hydrogen) atoms. The van der Waals surface area contributed by atoms with Gasteiger partial charge in [0.1, 0.15) is 5.75 Å². The van der Waals surface area contributed by atoms with E-state index in [1.807, 2.05) is 26.3 Å². The first-order valence-corrected chi connectivity index (χ1v) is 14.1. The molecule has 2 aliphatic rings. The Balaban J connectivity index is 1.68. The molecule has 0 amide bonds. The molecule has 0 atom stereocenters. The molecule has 2 heterocycles. The number of nitrogens with zero attached hydrogens (tertiary/aromatic N) is 2. The molecular weight excluding hydrogens is 487 g/mol. The van der Waals surface area contributed by atoms with Crippen LogP contribution in [0.2, 0.25) is 0 Å². The first-order valence-electron chi connectivity index (χ1n) is 12.9. The highest BCUT2D eigenvalue weighted by Gasteiger charge is 2.32. The van der Waals surface area contributed by atoms with Crippen LogP contribution in [0.3, 0.4) is 0 Å². The first-order chi connectivity index (χ1) is 17.9. The minimum Gasteiger partial charge on any atom is -0.489 e. The third kappa shape index (κ3) is 4.93. The van der Waals surface area contributed by atoms with Crippen LogP contribution in [0.25, 0.3) is 22.4 Å². The molecule has 5 nitrogen and oxygen atoms in total. The van der Waals surface area contributed by atoms with Gasteiger partial charge < -0.3 is 9.04 Å². The van der Waals surface area contributed by atoms with Gasteiger partial charge >= 0.3 is 5.97 Å². The minimum absolute atomic E-state index is 0.143. The van der Waals surface area contributed by atoms with Crippen LogP contribution in [0.15, 0.2) is 36.5 Å². The van der Waals surface area contributed by atoms with Gasteiger partial charge in [0.25, 0.3) is 0 Å². The molecule has 5 rings (SSSR count). The number of carbonyl (C=O) groups excluding carboxylic acids is 1. The molecule has 0 N–H and O–H groups in total. The number of carbonyl (C=O) groups is 1. The third-order valence-electron chi connectivity index (χ3n) is 7.66. The van der Waals surface area contributed by atoms with Crippen LogP contribution in [0.5, 0.6) is 5.75 Å². The SMILES string of the molecule is CSN1Cc2cc(OC3CCCCC3)cnc2-c2c(C)c(-c3ccc(C)cc3)c(CC(=O)OF)c(C)c21. The minimum atomic E-state index is -0.898. The van der Waals surface area contributed by atoms with E-state index in [4.69, 9.17) is 9.72 Å². The van der Waals surface area contributed by atoms with Crippen LogP contribution in [-0.4, -0.2) is 23.3 Å². The van der Waals surface area contributed by atoms with Gasteiger partial charge in [-0.1, -0.05) is 48.2 Å². The van der Waals surface area contributed by atoms with E-state index in [1.54, 1.807) is 11.9 Å². The van der Waals surface area contributed by atoms with Crippen LogP contribution >= 0.6 is 11.9 Å². The van der Waals surface area contributed by atoms with Crippen molar-refractivity contribution in [3.05, 3.63) is 64.3 Å². The monoisotopic (exact) mass is 520 g/mol. The summed E-state index contributed by atoms with van der Waals surface area (Å²) in [5.74, 6) is -0.0732. The first kappa shape index (κ1) is 25.6. The quantitative estimate of drug-likeness (QED) is 0.312. The zero-order valence-corrected chi connectivity index (χ0v) is 22.7. The number of fused-ring (bicyclic) bond motifs is 3. The van der Waals surface area contributed by atoms with Crippen LogP contribution in [0, 0.1) is 20.8 Å². The Morgan fingerprint density at radius 2 is 1.81 bits per heavy atom. The number of hydrogen-bond donors (Lipinski definition) is 0. The molecule has 7 heteroatoms. The van der Waals surface area contributed by atoms with Crippen molar-refractivity contribution >= 4 is 23.6 Å². The Hall–Kier alpha value is -3.06. The van der Waals surface area contributed by atoms with Crippen molar-refractivity contribution in [1.82, 2.24) is 4.98 Å². The second-order valence-electron chi connectivity index (χ2n) is 10.1. The summed E-state index contributed by atoms with van der Waals surface area (Å²) < 4.78 is 21.5. The van der Waals surface area contributed by atoms with Crippen molar-refractivity contribution in [3.63, 3.8) is 0 Å². The van der Waals surface area contributed by atoms with Crippen molar-refractivity contribution in [2.45, 2.75) is 71.9 Å². The molecular formula is C30H33FN2O3S. The number of aromatic nitrogens is 1. The zero-order chi connectivity index (χ0) is 26.1. The highest BCUT2D eigenvalue weighted by Crippen LogP contribution is 2.50. The van der Waals surface area contributed by atoms with Gasteiger partial charge in [0, 0.05) is 21.9 Å². The molecule has 0 unspecified atom stereocenters. The summed E-state index contributed by atoms with van der Waals surface area (Å²) in [7, 11) is 0. The predicted molar refractivity (Wildman–Crippen MR) is 147 cm³/mol. The fourth-order valence-electron chi connectivity index (χ4n) is 5.82. The highest BCUT2D eigenvalue weighted by molar-refractivity contribution is 7.99. The predicted octanol–water partition coefficient (Wildman–Crippen LogP) is 7.62. The van der Waals surface area contributed by atoms with Gasteiger partial charge in [0.2, 0.25) is 0 Å². The molecule has 3 aromatic rings. The van der Waals surface area contributed by atoms with Crippen molar-refractivity contribution in [2.75, 3.05) is 10.6 Å². The summed E-state index contributed by atoms with van der Waals surface area (Å²) in [6.45, 7) is 6.78. The second kappa shape index (κ2) is 10.7. The maximum absolute atomic E-state index is 12.9. The van der Waals surface area contributed by atoms with Crippen LogP contribution in [0.4, 0.5) is 10.2 Å². The maximum atomic E-state index is 12.9. The molecule has 1 aliphatic heterocycles. The Morgan fingerprint density at radius 3 is 2.49 bits per heavy atom. The van der Waals surface area contributed by atoms with E-state index in [9.17, 15) is 9.32 Å². The Kier molecular flexibility index (Phi) is 7.43. The lowest BCUT2D eigenvalue weighted by molar-refractivity contribution is -0.182. The molecule has 1 aliphatic carbocycles. The van der Waals surface area contributed by atoms with Gasteiger partial charge in [0.05, 0.1) is 36.6 Å². The van der Waals surface area contributed by atoms with Crippen LogP contribution in [-0.2, 0) is 22.7 Å². The molecule has 1 aromatic heterocycles. The molecule has 0 radical (unpaired) electrons. The fourth-order valence-corrected chi connectivity index (χ4v) is 6.49. The van der Waals surface area contributed by atoms with E-state index in [-0.39, 0.29) is 12.5 Å². The van der Waals surface area contributed by atoms with E-state index in [0.29, 0.717) is 6.54 Å². The van der Waals surface area contributed by atoms with Gasteiger partial charge in [-0.15, -0.1) is 0 Å². The van der Waals surface area contributed by atoms with Gasteiger partial charge in [-0.2, -0.15) is 0 Å². The summed E-state index contributed by atoms with van der Waals surface area (Å²) in [6, 6.07) is 10.3. The summed E-state index contributed by atoms with van der Waals surface area (Å²) >= 11 is 1.63. The van der Waals surface area contributed by atoms with E-state index < -0.39 is 5.97 Å². The average Bonchev–Trinajstić information content (AvgIpc) is 2.91. The molecule has 1 saturated carbocycles. The van der Waals surface area contributed by atoms with Gasteiger partial charge in [0.15, 0.2) is 0 Å². The zero-order valence-electron chi connectivity index (χ0n) is 21.9. The average molecular weight is 521 g/mol. The normalized spacial score (nSPS) is 15.2. The van der Waals surface area contributed by atoms with Crippen molar-refractivity contribution in [2.24, 2.45) is 0 Å². The van der Waals surface area contributed by atoms with Gasteiger partial charge in [-0.05, 0) is 80.3 Å². The number of rotatable bonds is 6. The lowest BCUT2D eigenvalue weighted by Gasteiger charge is -2.35. The Morgan fingerprint density at radius 1 is 1.08 bits per heavy atom. The summed E-state index contributed by atoms with van der Waals surface area (Å²) in [5, 5.41) is 0. The van der Waals surface area contributed by atoms with Crippen LogP contribution in [0.1, 0.15) is 59.9 Å². The van der Waals surface area contributed by atoms with Gasteiger partial charge in [-0.25, -0.2) is 4.79 Å². The lowest BCUT2D eigenvalue weighted by atomic mass is 9.82. The topological polar surface area (TPSA) is 51.7 Å².